The van der Waals surface area contributed by atoms with E-state index in [9.17, 15) is 9.59 Å². The van der Waals surface area contributed by atoms with E-state index in [1.165, 1.54) is 11.8 Å². The largest absolute Gasteiger partial charge is 0.294 e. The third-order valence-corrected chi connectivity index (χ3v) is 5.83. The minimum Gasteiger partial charge on any atom is -0.294 e. The molecule has 0 aliphatic carbocycles. The number of hydrogen-bond acceptors (Lipinski definition) is 6. The van der Waals surface area contributed by atoms with Crippen LogP contribution in [0.5, 0.6) is 0 Å². The Morgan fingerprint density at radius 2 is 1.77 bits per heavy atom. The normalized spacial score (nSPS) is 11.9. The first-order valence-corrected chi connectivity index (χ1v) is 10.7. The first-order valence-electron chi connectivity index (χ1n) is 9.81. The second kappa shape index (κ2) is 9.09. The predicted octanol–water partition coefficient (Wildman–Crippen LogP) is 3.66. The maximum Gasteiger partial charge on any atom is 0.262 e. The van der Waals surface area contributed by atoms with Crippen molar-refractivity contribution in [1.29, 1.82) is 0 Å². The number of aryl methyl sites for hydroxylation is 1. The van der Waals surface area contributed by atoms with Gasteiger partial charge < -0.3 is 0 Å². The molecule has 4 rings (SSSR count). The molecule has 156 valence electrons. The minimum absolute atomic E-state index is 0.132. The number of carbonyl (C=O) groups excluding carboxylic acids is 1. The maximum atomic E-state index is 13.3. The molecule has 0 aliphatic heterocycles. The van der Waals surface area contributed by atoms with Crippen molar-refractivity contribution in [3.05, 3.63) is 88.5 Å². The van der Waals surface area contributed by atoms with Crippen molar-refractivity contribution >= 4 is 34.5 Å². The Morgan fingerprint density at radius 1 is 1.06 bits per heavy atom. The lowest BCUT2D eigenvalue weighted by Gasteiger charge is -2.16. The number of aromatic nitrogens is 4. The van der Waals surface area contributed by atoms with E-state index in [1.54, 1.807) is 42.1 Å². The topological polar surface area (TPSA) is 89.8 Å². The summed E-state index contributed by atoms with van der Waals surface area (Å²) < 4.78 is 1.63. The van der Waals surface area contributed by atoms with Crippen LogP contribution in [0.3, 0.4) is 0 Å². The van der Waals surface area contributed by atoms with E-state index in [2.05, 4.69) is 15.3 Å². The number of nitrogens with one attached hydrogen (secondary N) is 1. The van der Waals surface area contributed by atoms with Crippen molar-refractivity contribution in [2.75, 3.05) is 5.32 Å². The Bertz CT molecular complexity index is 1270. The third kappa shape index (κ3) is 4.80. The van der Waals surface area contributed by atoms with E-state index in [0.717, 1.165) is 11.1 Å². The highest BCUT2D eigenvalue weighted by Crippen LogP contribution is 2.24. The number of nitrogens with zero attached hydrogens (tertiary/aromatic N) is 4. The molecule has 0 spiro atoms. The average Bonchev–Trinajstić information content (AvgIpc) is 2.78. The quantitative estimate of drug-likeness (QED) is 0.370. The highest BCUT2D eigenvalue weighted by molar-refractivity contribution is 8.00. The highest BCUT2D eigenvalue weighted by Gasteiger charge is 2.20. The van der Waals surface area contributed by atoms with E-state index < -0.39 is 5.25 Å². The van der Waals surface area contributed by atoms with E-state index in [1.807, 2.05) is 43.3 Å². The fraction of sp³-hybridized carbons (Fsp3) is 0.174. The molecular weight excluding hydrogens is 410 g/mol. The molecule has 1 atom stereocenters. The van der Waals surface area contributed by atoms with Crippen LogP contribution in [-0.2, 0) is 11.3 Å². The summed E-state index contributed by atoms with van der Waals surface area (Å²) in [4.78, 5) is 38.6. The van der Waals surface area contributed by atoms with Gasteiger partial charge in [-0.1, -0.05) is 53.7 Å². The van der Waals surface area contributed by atoms with Gasteiger partial charge in [0.05, 0.1) is 22.7 Å². The SMILES string of the molecule is Cc1ccc(Cn2c(SC(C)C(=O)Nc3ncccn3)nc3ccccc3c2=O)cc1. The molecule has 0 fully saturated rings. The van der Waals surface area contributed by atoms with E-state index in [-0.39, 0.29) is 17.4 Å². The summed E-state index contributed by atoms with van der Waals surface area (Å²) in [5, 5.41) is 3.22. The summed E-state index contributed by atoms with van der Waals surface area (Å²) in [5.74, 6) is -0.0241. The standard InChI is InChI=1S/C23H21N5O2S/c1-15-8-10-17(11-9-15)14-28-21(30)18-6-3-4-7-19(18)26-23(28)31-16(2)20(29)27-22-24-12-5-13-25-22/h3-13,16H,14H2,1-2H3,(H,24,25,27,29). The molecule has 8 heteroatoms. The number of carbonyl (C=O) groups is 1. The van der Waals surface area contributed by atoms with Gasteiger partial charge in [-0.3, -0.25) is 19.5 Å². The van der Waals surface area contributed by atoms with Crippen LogP contribution in [0.1, 0.15) is 18.1 Å². The molecule has 2 heterocycles. The lowest BCUT2D eigenvalue weighted by Crippen LogP contribution is -2.27. The number of amides is 1. The van der Waals surface area contributed by atoms with Gasteiger partial charge in [-0.15, -0.1) is 0 Å². The second-order valence-corrected chi connectivity index (χ2v) is 8.42. The molecule has 1 unspecified atom stereocenters. The van der Waals surface area contributed by atoms with E-state index >= 15 is 0 Å². The van der Waals surface area contributed by atoms with Crippen molar-refractivity contribution in [2.24, 2.45) is 0 Å². The van der Waals surface area contributed by atoms with Crippen LogP contribution in [0.4, 0.5) is 5.95 Å². The molecule has 0 aliphatic rings. The van der Waals surface area contributed by atoms with Crippen LogP contribution >= 0.6 is 11.8 Å². The van der Waals surface area contributed by atoms with E-state index in [0.29, 0.717) is 22.6 Å². The Morgan fingerprint density at radius 3 is 2.52 bits per heavy atom. The number of benzene rings is 2. The monoisotopic (exact) mass is 431 g/mol. The van der Waals surface area contributed by atoms with Crippen molar-refractivity contribution in [3.8, 4) is 0 Å². The lowest BCUT2D eigenvalue weighted by atomic mass is 10.1. The van der Waals surface area contributed by atoms with Crippen LogP contribution in [0, 0.1) is 6.92 Å². The van der Waals surface area contributed by atoms with Crippen LogP contribution < -0.4 is 10.9 Å². The van der Waals surface area contributed by atoms with Gasteiger partial charge >= 0.3 is 0 Å². The number of hydrogen-bond donors (Lipinski definition) is 1. The Hall–Kier alpha value is -3.52. The minimum atomic E-state index is -0.513. The van der Waals surface area contributed by atoms with Gasteiger partial charge in [0, 0.05) is 12.4 Å². The van der Waals surface area contributed by atoms with Gasteiger partial charge in [-0.05, 0) is 37.6 Å². The summed E-state index contributed by atoms with van der Waals surface area (Å²) in [6, 6.07) is 16.9. The zero-order valence-corrected chi connectivity index (χ0v) is 18.0. The smallest absolute Gasteiger partial charge is 0.262 e. The number of rotatable bonds is 6. The molecule has 2 aromatic heterocycles. The molecule has 1 amide bonds. The second-order valence-electron chi connectivity index (χ2n) is 7.11. The first kappa shape index (κ1) is 20.7. The first-order chi connectivity index (χ1) is 15.0. The van der Waals surface area contributed by atoms with Crippen molar-refractivity contribution in [1.82, 2.24) is 19.5 Å². The molecule has 0 bridgehead atoms. The highest BCUT2D eigenvalue weighted by atomic mass is 32.2. The maximum absolute atomic E-state index is 13.3. The molecule has 0 radical (unpaired) electrons. The van der Waals surface area contributed by atoms with Gasteiger partial charge in [0.2, 0.25) is 11.9 Å². The van der Waals surface area contributed by atoms with Gasteiger partial charge in [-0.2, -0.15) is 0 Å². The predicted molar refractivity (Wildman–Crippen MR) is 122 cm³/mol. The fourth-order valence-electron chi connectivity index (χ4n) is 3.04. The fourth-order valence-corrected chi connectivity index (χ4v) is 3.95. The molecule has 4 aromatic rings. The summed E-state index contributed by atoms with van der Waals surface area (Å²) in [6.45, 7) is 4.15. The molecule has 31 heavy (non-hydrogen) atoms. The number of fused-ring (bicyclic) bond motifs is 1. The van der Waals surface area contributed by atoms with Crippen LogP contribution in [0.25, 0.3) is 10.9 Å². The summed E-state index contributed by atoms with van der Waals surface area (Å²) >= 11 is 1.23. The molecule has 0 saturated heterocycles. The molecular formula is C23H21N5O2S. The lowest BCUT2D eigenvalue weighted by molar-refractivity contribution is -0.115. The Kier molecular flexibility index (Phi) is 6.08. The van der Waals surface area contributed by atoms with Crippen LogP contribution in [0.2, 0.25) is 0 Å². The van der Waals surface area contributed by atoms with Crippen LogP contribution in [-0.4, -0.2) is 30.7 Å². The third-order valence-electron chi connectivity index (χ3n) is 4.74. The van der Waals surface area contributed by atoms with Gasteiger partial charge in [0.1, 0.15) is 0 Å². The summed E-state index contributed by atoms with van der Waals surface area (Å²) in [7, 11) is 0. The number of anilines is 1. The zero-order valence-electron chi connectivity index (χ0n) is 17.1. The van der Waals surface area contributed by atoms with Crippen LogP contribution in [0.15, 0.2) is 76.9 Å². The summed E-state index contributed by atoms with van der Waals surface area (Å²) in [5.41, 5.74) is 2.61. The molecule has 7 nitrogen and oxygen atoms in total. The summed E-state index contributed by atoms with van der Waals surface area (Å²) in [6.07, 6.45) is 3.12. The van der Waals surface area contributed by atoms with Gasteiger partial charge in [-0.25, -0.2) is 15.0 Å². The molecule has 0 saturated carbocycles. The molecule has 1 N–H and O–H groups in total. The van der Waals surface area contributed by atoms with Crippen molar-refractivity contribution in [2.45, 2.75) is 30.8 Å². The van der Waals surface area contributed by atoms with Gasteiger partial charge in [0.25, 0.3) is 5.56 Å². The molecule has 2 aromatic carbocycles. The van der Waals surface area contributed by atoms with Gasteiger partial charge in [0.15, 0.2) is 5.16 Å². The van der Waals surface area contributed by atoms with Crippen molar-refractivity contribution in [3.63, 3.8) is 0 Å². The number of para-hydroxylation sites is 1. The van der Waals surface area contributed by atoms with E-state index in [4.69, 9.17) is 4.98 Å². The van der Waals surface area contributed by atoms with Crippen molar-refractivity contribution < 1.29 is 4.79 Å². The zero-order chi connectivity index (χ0) is 21.8. The average molecular weight is 432 g/mol. The Labute approximate surface area is 183 Å². The number of thioether (sulfide) groups is 1. The Balaban J connectivity index is 1.67.